The van der Waals surface area contributed by atoms with Crippen LogP contribution in [0.3, 0.4) is 0 Å². The summed E-state index contributed by atoms with van der Waals surface area (Å²) in [5, 5.41) is 4.66. The van der Waals surface area contributed by atoms with E-state index in [1.807, 2.05) is 6.20 Å². The van der Waals surface area contributed by atoms with Gasteiger partial charge in [-0.25, -0.2) is 4.98 Å². The van der Waals surface area contributed by atoms with E-state index in [1.165, 1.54) is 9.88 Å². The van der Waals surface area contributed by atoms with Gasteiger partial charge < -0.3 is 11.1 Å². The number of nitrogens with one attached hydrogen (secondary N) is 1. The second-order valence-electron chi connectivity index (χ2n) is 4.48. The molecule has 0 bridgehead atoms. The summed E-state index contributed by atoms with van der Waals surface area (Å²) in [5.41, 5.74) is 5.83. The van der Waals surface area contributed by atoms with Gasteiger partial charge in [0.25, 0.3) is 0 Å². The minimum absolute atomic E-state index is 0.238. The number of nitrogens with two attached hydrogens (primary N) is 1. The van der Waals surface area contributed by atoms with Crippen molar-refractivity contribution in [1.29, 1.82) is 0 Å². The average molecular weight is 241 g/mol. The Morgan fingerprint density at radius 1 is 1.44 bits per heavy atom. The molecule has 0 saturated heterocycles. The summed E-state index contributed by atoms with van der Waals surface area (Å²) in [7, 11) is 0. The van der Waals surface area contributed by atoms with Crippen molar-refractivity contribution < 1.29 is 0 Å². The lowest BCUT2D eigenvalue weighted by molar-refractivity contribution is 0.419. The molecular weight excluding hydrogens is 218 g/mol. The van der Waals surface area contributed by atoms with Gasteiger partial charge in [-0.1, -0.05) is 13.8 Å². The highest BCUT2D eigenvalue weighted by Gasteiger charge is 2.12. The highest BCUT2D eigenvalue weighted by molar-refractivity contribution is 7.11. The predicted molar refractivity (Wildman–Crippen MR) is 70.7 cm³/mol. The van der Waals surface area contributed by atoms with Gasteiger partial charge in [-0.15, -0.1) is 11.3 Å². The van der Waals surface area contributed by atoms with Crippen LogP contribution in [-0.2, 0) is 6.42 Å². The molecule has 0 aromatic carbocycles. The molecule has 0 saturated carbocycles. The fourth-order valence-corrected chi connectivity index (χ4v) is 2.21. The van der Waals surface area contributed by atoms with Gasteiger partial charge in [0, 0.05) is 17.1 Å². The summed E-state index contributed by atoms with van der Waals surface area (Å²) in [6, 6.07) is 0.564. The SMILES string of the molecule is CCc1cnc(C(C)NCC(C)C(C)N)s1. The lowest BCUT2D eigenvalue weighted by Crippen LogP contribution is -2.34. The first kappa shape index (κ1) is 13.6. The molecule has 0 fully saturated rings. The van der Waals surface area contributed by atoms with Gasteiger partial charge in [0.05, 0.1) is 6.04 Å². The summed E-state index contributed by atoms with van der Waals surface area (Å²) >= 11 is 1.80. The smallest absolute Gasteiger partial charge is 0.109 e. The zero-order chi connectivity index (χ0) is 12.1. The maximum Gasteiger partial charge on any atom is 0.109 e. The third-order valence-electron chi connectivity index (χ3n) is 2.93. The van der Waals surface area contributed by atoms with Gasteiger partial charge in [0.2, 0.25) is 0 Å². The molecule has 92 valence electrons. The Hall–Kier alpha value is -0.450. The molecule has 3 atom stereocenters. The number of hydrogen-bond acceptors (Lipinski definition) is 4. The molecule has 0 aliphatic rings. The fraction of sp³-hybridized carbons (Fsp3) is 0.750. The molecule has 0 aliphatic heterocycles. The van der Waals surface area contributed by atoms with Crippen LogP contribution in [0.25, 0.3) is 0 Å². The predicted octanol–water partition coefficient (Wildman–Crippen LogP) is 2.34. The Morgan fingerprint density at radius 3 is 2.62 bits per heavy atom. The molecule has 3 N–H and O–H groups in total. The van der Waals surface area contributed by atoms with Gasteiger partial charge in [-0.05, 0) is 32.7 Å². The second kappa shape index (κ2) is 6.33. The minimum Gasteiger partial charge on any atom is -0.328 e. The van der Waals surface area contributed by atoms with Gasteiger partial charge in [-0.3, -0.25) is 0 Å². The van der Waals surface area contributed by atoms with Crippen molar-refractivity contribution in [3.8, 4) is 0 Å². The van der Waals surface area contributed by atoms with E-state index in [9.17, 15) is 0 Å². The van der Waals surface area contributed by atoms with Crippen LogP contribution in [0.2, 0.25) is 0 Å². The van der Waals surface area contributed by atoms with Crippen LogP contribution in [0.1, 0.15) is 43.6 Å². The van der Waals surface area contributed by atoms with E-state index in [-0.39, 0.29) is 6.04 Å². The third kappa shape index (κ3) is 3.85. The molecule has 0 amide bonds. The van der Waals surface area contributed by atoms with Crippen molar-refractivity contribution in [2.45, 2.75) is 46.2 Å². The Kier molecular flexibility index (Phi) is 5.38. The number of hydrogen-bond donors (Lipinski definition) is 2. The maximum atomic E-state index is 5.83. The van der Waals surface area contributed by atoms with Crippen LogP contribution in [0.5, 0.6) is 0 Å². The quantitative estimate of drug-likeness (QED) is 0.804. The first-order chi connectivity index (χ1) is 7.54. The second-order valence-corrected chi connectivity index (χ2v) is 5.63. The largest absolute Gasteiger partial charge is 0.328 e. The molecular formula is C12H23N3S. The molecule has 16 heavy (non-hydrogen) atoms. The lowest BCUT2D eigenvalue weighted by Gasteiger charge is -2.18. The van der Waals surface area contributed by atoms with E-state index < -0.39 is 0 Å². The van der Waals surface area contributed by atoms with Gasteiger partial charge in [0.15, 0.2) is 0 Å². The van der Waals surface area contributed by atoms with Crippen LogP contribution in [0, 0.1) is 5.92 Å². The van der Waals surface area contributed by atoms with Crippen LogP contribution in [0.15, 0.2) is 6.20 Å². The van der Waals surface area contributed by atoms with E-state index in [1.54, 1.807) is 11.3 Å². The number of rotatable bonds is 6. The number of aryl methyl sites for hydroxylation is 1. The van der Waals surface area contributed by atoms with Crippen molar-refractivity contribution in [3.05, 3.63) is 16.1 Å². The van der Waals surface area contributed by atoms with Gasteiger partial charge in [-0.2, -0.15) is 0 Å². The number of nitrogens with zero attached hydrogens (tertiary/aromatic N) is 1. The Labute approximate surface area is 102 Å². The summed E-state index contributed by atoms with van der Waals surface area (Å²) in [6.45, 7) is 9.49. The zero-order valence-electron chi connectivity index (χ0n) is 10.7. The van der Waals surface area contributed by atoms with Crippen LogP contribution >= 0.6 is 11.3 Å². The molecule has 1 aromatic rings. The molecule has 1 rings (SSSR count). The number of thiazole rings is 1. The lowest BCUT2D eigenvalue weighted by atomic mass is 10.0. The van der Waals surface area contributed by atoms with Gasteiger partial charge >= 0.3 is 0 Å². The van der Waals surface area contributed by atoms with Crippen molar-refractivity contribution in [2.75, 3.05) is 6.54 Å². The zero-order valence-corrected chi connectivity index (χ0v) is 11.5. The molecule has 3 unspecified atom stereocenters. The highest BCUT2D eigenvalue weighted by atomic mass is 32.1. The standard InChI is InChI=1S/C12H23N3S/c1-5-11-7-15-12(16-11)10(4)14-6-8(2)9(3)13/h7-10,14H,5-6,13H2,1-4H3. The highest BCUT2D eigenvalue weighted by Crippen LogP contribution is 2.20. The third-order valence-corrected chi connectivity index (χ3v) is 4.26. The normalized spacial score (nSPS) is 17.1. The van der Waals surface area contributed by atoms with E-state index in [4.69, 9.17) is 5.73 Å². The average Bonchev–Trinajstić information content (AvgIpc) is 2.73. The van der Waals surface area contributed by atoms with E-state index >= 15 is 0 Å². The Balaban J connectivity index is 2.43. The van der Waals surface area contributed by atoms with Crippen LogP contribution < -0.4 is 11.1 Å². The molecule has 0 aliphatic carbocycles. The molecule has 4 heteroatoms. The van der Waals surface area contributed by atoms with E-state index in [0.717, 1.165) is 13.0 Å². The fourth-order valence-electron chi connectivity index (χ4n) is 1.32. The van der Waals surface area contributed by atoms with Crippen molar-refractivity contribution in [3.63, 3.8) is 0 Å². The van der Waals surface area contributed by atoms with E-state index in [0.29, 0.717) is 12.0 Å². The van der Waals surface area contributed by atoms with Crippen molar-refractivity contribution >= 4 is 11.3 Å². The van der Waals surface area contributed by atoms with Gasteiger partial charge in [0.1, 0.15) is 5.01 Å². The molecule has 0 radical (unpaired) electrons. The molecule has 3 nitrogen and oxygen atoms in total. The minimum atomic E-state index is 0.238. The first-order valence-electron chi connectivity index (χ1n) is 5.98. The molecule has 0 spiro atoms. The van der Waals surface area contributed by atoms with Crippen LogP contribution in [-0.4, -0.2) is 17.6 Å². The van der Waals surface area contributed by atoms with E-state index in [2.05, 4.69) is 38.0 Å². The van der Waals surface area contributed by atoms with Crippen molar-refractivity contribution in [1.82, 2.24) is 10.3 Å². The summed E-state index contributed by atoms with van der Waals surface area (Å²) in [6.07, 6.45) is 3.05. The summed E-state index contributed by atoms with van der Waals surface area (Å²) in [5.74, 6) is 0.494. The number of aromatic nitrogens is 1. The topological polar surface area (TPSA) is 50.9 Å². The first-order valence-corrected chi connectivity index (χ1v) is 6.79. The summed E-state index contributed by atoms with van der Waals surface area (Å²) in [4.78, 5) is 5.79. The Bertz CT molecular complexity index is 309. The van der Waals surface area contributed by atoms with Crippen LogP contribution in [0.4, 0.5) is 0 Å². The summed E-state index contributed by atoms with van der Waals surface area (Å²) < 4.78 is 0. The molecule has 1 heterocycles. The maximum absolute atomic E-state index is 5.83. The molecule has 1 aromatic heterocycles. The van der Waals surface area contributed by atoms with Crippen molar-refractivity contribution in [2.24, 2.45) is 11.7 Å². The Morgan fingerprint density at radius 2 is 2.12 bits per heavy atom. The monoisotopic (exact) mass is 241 g/mol.